The van der Waals surface area contributed by atoms with E-state index >= 15 is 0 Å². The van der Waals surface area contributed by atoms with E-state index in [4.69, 9.17) is 4.42 Å². The molecule has 1 aromatic heterocycles. The summed E-state index contributed by atoms with van der Waals surface area (Å²) in [6.45, 7) is 0. The number of nitrogens with zero attached hydrogens (tertiary/aromatic N) is 1. The second-order valence-electron chi connectivity index (χ2n) is 3.26. The summed E-state index contributed by atoms with van der Waals surface area (Å²) in [5.74, 6) is 0.861. The van der Waals surface area contributed by atoms with Crippen LogP contribution in [-0.4, -0.2) is 6.21 Å². The zero-order valence-electron chi connectivity index (χ0n) is 7.60. The molecule has 1 aromatic carbocycles. The third-order valence-electron chi connectivity index (χ3n) is 2.33. The van der Waals surface area contributed by atoms with Crippen molar-refractivity contribution in [1.29, 1.82) is 0 Å². The Labute approximate surface area is 81.6 Å². The molecule has 0 bridgehead atoms. The highest BCUT2D eigenvalue weighted by Crippen LogP contribution is 2.34. The van der Waals surface area contributed by atoms with E-state index in [2.05, 4.69) is 11.1 Å². The first kappa shape index (κ1) is 7.56. The lowest BCUT2D eigenvalue weighted by Gasteiger charge is -1.87. The second kappa shape index (κ2) is 2.84. The molecule has 0 amide bonds. The molecule has 14 heavy (non-hydrogen) atoms. The maximum atomic E-state index is 5.67. The molecule has 2 heterocycles. The van der Waals surface area contributed by atoms with Crippen LogP contribution in [0.25, 0.3) is 17.0 Å². The van der Waals surface area contributed by atoms with Gasteiger partial charge in [-0.15, -0.1) is 0 Å². The molecule has 0 aliphatic carbocycles. The van der Waals surface area contributed by atoms with Crippen LogP contribution in [0.15, 0.2) is 39.8 Å². The van der Waals surface area contributed by atoms with E-state index in [1.54, 1.807) is 0 Å². The summed E-state index contributed by atoms with van der Waals surface area (Å²) in [6, 6.07) is 7.97. The van der Waals surface area contributed by atoms with Gasteiger partial charge in [-0.05, 0) is 18.2 Å². The molecule has 0 N–H and O–H groups in total. The summed E-state index contributed by atoms with van der Waals surface area (Å²) >= 11 is 0. The van der Waals surface area contributed by atoms with E-state index in [1.165, 1.54) is 0 Å². The SMILES string of the molecule is C1=Cc2oc3ccccc3c2N=CC1. The molecule has 0 spiro atoms. The van der Waals surface area contributed by atoms with Crippen molar-refractivity contribution in [2.75, 3.05) is 0 Å². The number of allylic oxidation sites excluding steroid dienone is 1. The quantitative estimate of drug-likeness (QED) is 0.613. The summed E-state index contributed by atoms with van der Waals surface area (Å²) in [5, 5.41) is 1.09. The summed E-state index contributed by atoms with van der Waals surface area (Å²) < 4.78 is 5.67. The van der Waals surface area contributed by atoms with Crippen molar-refractivity contribution in [3.8, 4) is 0 Å². The summed E-state index contributed by atoms with van der Waals surface area (Å²) in [4.78, 5) is 4.39. The molecule has 2 aromatic rings. The van der Waals surface area contributed by atoms with E-state index in [0.29, 0.717) is 0 Å². The number of fused-ring (bicyclic) bond motifs is 3. The normalized spacial score (nSPS) is 14.3. The molecule has 3 rings (SSSR count). The zero-order valence-corrected chi connectivity index (χ0v) is 7.60. The predicted molar refractivity (Wildman–Crippen MR) is 58.0 cm³/mol. The Morgan fingerprint density at radius 2 is 2.14 bits per heavy atom. The first-order valence-corrected chi connectivity index (χ1v) is 4.66. The highest BCUT2D eigenvalue weighted by Gasteiger charge is 2.10. The molecule has 68 valence electrons. The molecule has 0 atom stereocenters. The number of aliphatic imine (C=N–C) groups is 1. The molecule has 2 nitrogen and oxygen atoms in total. The van der Waals surface area contributed by atoms with Crippen LogP contribution in [0.2, 0.25) is 0 Å². The van der Waals surface area contributed by atoms with Crippen LogP contribution in [-0.2, 0) is 0 Å². The molecule has 0 unspecified atom stereocenters. The molecule has 1 aliphatic rings. The van der Waals surface area contributed by atoms with Gasteiger partial charge in [-0.1, -0.05) is 18.2 Å². The number of hydrogen-bond donors (Lipinski definition) is 0. The molecular weight excluding hydrogens is 174 g/mol. The van der Waals surface area contributed by atoms with E-state index in [-0.39, 0.29) is 0 Å². The fourth-order valence-corrected chi connectivity index (χ4v) is 1.68. The average Bonchev–Trinajstić information content (AvgIpc) is 2.42. The lowest BCUT2D eigenvalue weighted by atomic mass is 10.2. The van der Waals surface area contributed by atoms with Crippen molar-refractivity contribution in [1.82, 2.24) is 0 Å². The van der Waals surface area contributed by atoms with Gasteiger partial charge in [0.25, 0.3) is 0 Å². The van der Waals surface area contributed by atoms with Crippen molar-refractivity contribution in [3.63, 3.8) is 0 Å². The minimum absolute atomic E-state index is 0.861. The monoisotopic (exact) mass is 183 g/mol. The Morgan fingerprint density at radius 1 is 1.21 bits per heavy atom. The van der Waals surface area contributed by atoms with Gasteiger partial charge in [-0.2, -0.15) is 0 Å². The molecule has 0 fully saturated rings. The van der Waals surface area contributed by atoms with Crippen LogP contribution >= 0.6 is 0 Å². The highest BCUT2D eigenvalue weighted by molar-refractivity contribution is 5.95. The molecule has 1 aliphatic heterocycles. The van der Waals surface area contributed by atoms with Gasteiger partial charge in [0.05, 0.1) is 0 Å². The van der Waals surface area contributed by atoms with Gasteiger partial charge in [0.15, 0.2) is 5.76 Å². The zero-order chi connectivity index (χ0) is 9.38. The van der Waals surface area contributed by atoms with Crippen LogP contribution in [0.3, 0.4) is 0 Å². The summed E-state index contributed by atoms with van der Waals surface area (Å²) in [5.41, 5.74) is 1.86. The van der Waals surface area contributed by atoms with Gasteiger partial charge in [0.1, 0.15) is 11.3 Å². The number of hydrogen-bond acceptors (Lipinski definition) is 2. The maximum Gasteiger partial charge on any atom is 0.153 e. The molecule has 0 saturated heterocycles. The van der Waals surface area contributed by atoms with Gasteiger partial charge in [-0.3, -0.25) is 4.99 Å². The molecule has 0 saturated carbocycles. The van der Waals surface area contributed by atoms with Gasteiger partial charge >= 0.3 is 0 Å². The topological polar surface area (TPSA) is 25.5 Å². The van der Waals surface area contributed by atoms with Crippen LogP contribution in [0, 0.1) is 0 Å². The van der Waals surface area contributed by atoms with E-state index < -0.39 is 0 Å². The second-order valence-corrected chi connectivity index (χ2v) is 3.26. The molecule has 2 heteroatoms. The van der Waals surface area contributed by atoms with Gasteiger partial charge < -0.3 is 4.42 Å². The Morgan fingerprint density at radius 3 is 3.14 bits per heavy atom. The number of furan rings is 1. The largest absolute Gasteiger partial charge is 0.454 e. The van der Waals surface area contributed by atoms with Crippen molar-refractivity contribution in [2.45, 2.75) is 6.42 Å². The highest BCUT2D eigenvalue weighted by atomic mass is 16.3. The van der Waals surface area contributed by atoms with Crippen molar-refractivity contribution < 1.29 is 4.42 Å². The Kier molecular flexibility index (Phi) is 1.53. The minimum Gasteiger partial charge on any atom is -0.454 e. The molecule has 0 radical (unpaired) electrons. The fourth-order valence-electron chi connectivity index (χ4n) is 1.68. The van der Waals surface area contributed by atoms with E-state index in [9.17, 15) is 0 Å². The van der Waals surface area contributed by atoms with Crippen molar-refractivity contribution in [3.05, 3.63) is 36.1 Å². The predicted octanol–water partition coefficient (Wildman–Crippen LogP) is 3.55. The fraction of sp³-hybridized carbons (Fsp3) is 0.0833. The van der Waals surface area contributed by atoms with Gasteiger partial charge in [0.2, 0.25) is 0 Å². The van der Waals surface area contributed by atoms with Gasteiger partial charge in [-0.25, -0.2) is 0 Å². The molecular formula is C12H9NO. The third-order valence-corrected chi connectivity index (χ3v) is 2.33. The lowest BCUT2D eigenvalue weighted by molar-refractivity contribution is 0.605. The number of rotatable bonds is 0. The van der Waals surface area contributed by atoms with Crippen LogP contribution in [0.4, 0.5) is 5.69 Å². The Bertz CT molecular complexity index is 534. The van der Waals surface area contributed by atoms with Gasteiger partial charge in [0, 0.05) is 18.0 Å². The van der Waals surface area contributed by atoms with Crippen LogP contribution in [0.5, 0.6) is 0 Å². The number of benzene rings is 1. The minimum atomic E-state index is 0.861. The van der Waals surface area contributed by atoms with Crippen molar-refractivity contribution >= 4 is 28.9 Å². The van der Waals surface area contributed by atoms with Crippen LogP contribution < -0.4 is 0 Å². The first-order valence-electron chi connectivity index (χ1n) is 4.66. The lowest BCUT2D eigenvalue weighted by Crippen LogP contribution is -1.66. The third kappa shape index (κ3) is 1.01. The van der Waals surface area contributed by atoms with E-state index in [1.807, 2.05) is 36.6 Å². The van der Waals surface area contributed by atoms with Crippen molar-refractivity contribution in [2.24, 2.45) is 4.99 Å². The maximum absolute atomic E-state index is 5.67. The standard InChI is InChI=1S/C12H9NO/c1-2-6-10-9(5-1)12-11(14-10)7-3-4-8-13-12/h1-3,5-8H,4H2. The smallest absolute Gasteiger partial charge is 0.153 e. The van der Waals surface area contributed by atoms with E-state index in [0.717, 1.165) is 28.8 Å². The average molecular weight is 183 g/mol. The Hall–Kier alpha value is -1.83. The Balaban J connectivity index is 2.41. The first-order chi connectivity index (χ1) is 6.95. The van der Waals surface area contributed by atoms with Crippen LogP contribution in [0.1, 0.15) is 12.2 Å². The number of para-hydroxylation sites is 1. The summed E-state index contributed by atoms with van der Waals surface area (Å²) in [6.07, 6.45) is 6.82. The summed E-state index contributed by atoms with van der Waals surface area (Å²) in [7, 11) is 0.